The van der Waals surface area contributed by atoms with Gasteiger partial charge in [0, 0.05) is 6.92 Å². The Morgan fingerprint density at radius 2 is 2.10 bits per heavy atom. The number of aryl methyl sites for hydroxylation is 1. The second-order valence-corrected chi connectivity index (χ2v) is 14.7. The van der Waals surface area contributed by atoms with Crippen LogP contribution in [0.3, 0.4) is 0 Å². The maximum Gasteiger partial charge on any atom is 0.414 e. The lowest BCUT2D eigenvalue weighted by molar-refractivity contribution is -0.119. The quantitative estimate of drug-likeness (QED) is 0.552. The highest BCUT2D eigenvalue weighted by molar-refractivity contribution is 6.74. The van der Waals surface area contributed by atoms with E-state index in [9.17, 15) is 9.59 Å². The molecule has 0 saturated carbocycles. The van der Waals surface area contributed by atoms with Crippen molar-refractivity contribution >= 4 is 26.0 Å². The number of amides is 2. The first kappa shape index (κ1) is 22.7. The monoisotopic (exact) mass is 433 g/mol. The van der Waals surface area contributed by atoms with Crippen LogP contribution < -0.4 is 10.2 Å². The van der Waals surface area contributed by atoms with Crippen LogP contribution in [0.25, 0.3) is 0 Å². The minimum absolute atomic E-state index is 0.00971. The maximum atomic E-state index is 12.4. The summed E-state index contributed by atoms with van der Waals surface area (Å²) >= 11 is 0. The standard InChI is InChI=1S/C22H35N3O4Si/c1-15(26)23-13-18-14-25(21(27)28-18)17-11-16-9-7-8-10-19(20(16)24-12-17)29-30(5,6)22(2,3)4/h11-12,18-19H,7-10,13-14H2,1-6H3,(H,23,26)/t18-,19+/m0/s1. The third-order valence-electron chi connectivity index (χ3n) is 6.46. The van der Waals surface area contributed by atoms with E-state index in [0.29, 0.717) is 13.1 Å². The fourth-order valence-corrected chi connectivity index (χ4v) is 4.97. The number of anilines is 1. The molecule has 1 aliphatic carbocycles. The molecule has 7 nitrogen and oxygen atoms in total. The van der Waals surface area contributed by atoms with Gasteiger partial charge in [0.1, 0.15) is 6.10 Å². The summed E-state index contributed by atoms with van der Waals surface area (Å²) < 4.78 is 12.1. The first-order valence-corrected chi connectivity index (χ1v) is 13.8. The van der Waals surface area contributed by atoms with Crippen LogP contribution in [0, 0.1) is 0 Å². The number of rotatable bonds is 5. The predicted octanol–water partition coefficient (Wildman–Crippen LogP) is 4.33. The van der Waals surface area contributed by atoms with Crippen LogP contribution >= 0.6 is 0 Å². The van der Waals surface area contributed by atoms with Gasteiger partial charge in [-0.2, -0.15) is 0 Å². The molecule has 1 aliphatic heterocycles. The van der Waals surface area contributed by atoms with Crippen molar-refractivity contribution in [1.29, 1.82) is 0 Å². The molecule has 166 valence electrons. The van der Waals surface area contributed by atoms with Crippen molar-refractivity contribution in [2.24, 2.45) is 0 Å². The molecule has 2 aliphatic rings. The van der Waals surface area contributed by atoms with Gasteiger partial charge in [-0.3, -0.25) is 14.7 Å². The highest BCUT2D eigenvalue weighted by atomic mass is 28.4. The Hall–Kier alpha value is -1.93. The number of ether oxygens (including phenoxy) is 1. The average Bonchev–Trinajstić information content (AvgIpc) is 2.90. The molecule has 1 saturated heterocycles. The summed E-state index contributed by atoms with van der Waals surface area (Å²) in [5.74, 6) is -0.135. The summed E-state index contributed by atoms with van der Waals surface area (Å²) in [5.41, 5.74) is 2.92. The Bertz CT molecular complexity index is 806. The van der Waals surface area contributed by atoms with Crippen molar-refractivity contribution in [1.82, 2.24) is 10.3 Å². The molecule has 0 aromatic carbocycles. The Kier molecular flexibility index (Phi) is 6.57. The van der Waals surface area contributed by atoms with Crippen molar-refractivity contribution in [3.05, 3.63) is 23.5 Å². The number of hydrogen-bond donors (Lipinski definition) is 1. The zero-order valence-electron chi connectivity index (χ0n) is 19.1. The third-order valence-corrected chi connectivity index (χ3v) is 10.9. The molecule has 0 spiro atoms. The molecule has 30 heavy (non-hydrogen) atoms. The molecule has 1 aromatic heterocycles. The van der Waals surface area contributed by atoms with E-state index >= 15 is 0 Å². The van der Waals surface area contributed by atoms with Gasteiger partial charge >= 0.3 is 6.09 Å². The molecular weight excluding hydrogens is 398 g/mol. The molecule has 0 bridgehead atoms. The van der Waals surface area contributed by atoms with Gasteiger partial charge in [0.15, 0.2) is 8.32 Å². The Morgan fingerprint density at radius 1 is 1.37 bits per heavy atom. The second kappa shape index (κ2) is 8.67. The number of cyclic esters (lactones) is 1. The van der Waals surface area contributed by atoms with Crippen LogP contribution in [0.1, 0.15) is 64.3 Å². The van der Waals surface area contributed by atoms with Gasteiger partial charge in [-0.05, 0) is 49.0 Å². The predicted molar refractivity (Wildman–Crippen MR) is 119 cm³/mol. The number of carbonyl (C=O) groups is 2. The zero-order chi connectivity index (χ0) is 22.1. The number of aromatic nitrogens is 1. The summed E-state index contributed by atoms with van der Waals surface area (Å²) in [6, 6.07) is 2.07. The minimum Gasteiger partial charge on any atom is -0.442 e. The molecule has 0 unspecified atom stereocenters. The summed E-state index contributed by atoms with van der Waals surface area (Å²) in [6.45, 7) is 13.5. The third kappa shape index (κ3) is 5.03. The molecule has 2 amide bonds. The fraction of sp³-hybridized carbons (Fsp3) is 0.682. The highest BCUT2D eigenvalue weighted by Crippen LogP contribution is 2.42. The van der Waals surface area contributed by atoms with E-state index in [2.05, 4.69) is 45.2 Å². The van der Waals surface area contributed by atoms with Gasteiger partial charge in [0.25, 0.3) is 0 Å². The lowest BCUT2D eigenvalue weighted by atomic mass is 10.1. The van der Waals surface area contributed by atoms with Crippen molar-refractivity contribution in [3.8, 4) is 0 Å². The lowest BCUT2D eigenvalue weighted by Crippen LogP contribution is -2.42. The second-order valence-electron chi connectivity index (χ2n) is 9.90. The normalized spacial score (nSPS) is 22.3. The lowest BCUT2D eigenvalue weighted by Gasteiger charge is -2.39. The Morgan fingerprint density at radius 3 is 2.77 bits per heavy atom. The van der Waals surface area contributed by atoms with Gasteiger partial charge in [0.2, 0.25) is 5.91 Å². The van der Waals surface area contributed by atoms with E-state index in [0.717, 1.165) is 42.6 Å². The van der Waals surface area contributed by atoms with Crippen molar-refractivity contribution in [2.45, 2.75) is 83.7 Å². The van der Waals surface area contributed by atoms with Crippen LogP contribution in [-0.4, -0.2) is 44.5 Å². The van der Waals surface area contributed by atoms with Crippen molar-refractivity contribution in [2.75, 3.05) is 18.0 Å². The smallest absolute Gasteiger partial charge is 0.414 e. The molecule has 2 heterocycles. The Balaban J connectivity index is 1.80. The van der Waals surface area contributed by atoms with Gasteiger partial charge in [0.05, 0.1) is 36.8 Å². The number of nitrogens with one attached hydrogen (secondary N) is 1. The van der Waals surface area contributed by atoms with E-state index in [1.165, 1.54) is 6.92 Å². The number of nitrogens with zero attached hydrogens (tertiary/aromatic N) is 2. The summed E-state index contributed by atoms with van der Waals surface area (Å²) in [6.07, 6.45) is 5.14. The molecule has 0 radical (unpaired) electrons. The van der Waals surface area contributed by atoms with E-state index in [1.807, 2.05) is 0 Å². The minimum atomic E-state index is -1.92. The van der Waals surface area contributed by atoms with Gasteiger partial charge in [-0.15, -0.1) is 0 Å². The van der Waals surface area contributed by atoms with E-state index < -0.39 is 14.4 Å². The topological polar surface area (TPSA) is 80.8 Å². The molecule has 1 fully saturated rings. The average molecular weight is 434 g/mol. The first-order chi connectivity index (χ1) is 14.0. The first-order valence-electron chi connectivity index (χ1n) is 10.9. The van der Waals surface area contributed by atoms with Gasteiger partial charge in [-0.1, -0.05) is 27.2 Å². The maximum absolute atomic E-state index is 12.4. The van der Waals surface area contributed by atoms with Crippen LogP contribution in [0.2, 0.25) is 18.1 Å². The molecular formula is C22H35N3O4Si. The van der Waals surface area contributed by atoms with E-state index in [1.54, 1.807) is 11.1 Å². The molecule has 1 N–H and O–H groups in total. The molecule has 1 aromatic rings. The Labute approximate surface area is 180 Å². The van der Waals surface area contributed by atoms with Crippen LogP contribution in [-0.2, 0) is 20.4 Å². The SMILES string of the molecule is CC(=O)NC[C@H]1CN(c2cnc3c(c2)CCCC[C@H]3O[Si](C)(C)C(C)(C)C)C(=O)O1. The number of hydrogen-bond acceptors (Lipinski definition) is 5. The molecule has 8 heteroatoms. The number of pyridine rings is 1. The largest absolute Gasteiger partial charge is 0.442 e. The summed E-state index contributed by atoms with van der Waals surface area (Å²) in [4.78, 5) is 29.9. The van der Waals surface area contributed by atoms with Gasteiger partial charge < -0.3 is 14.5 Å². The summed E-state index contributed by atoms with van der Waals surface area (Å²) in [7, 11) is -1.92. The number of carbonyl (C=O) groups excluding carboxylic acids is 2. The van der Waals surface area contributed by atoms with Crippen LogP contribution in [0.5, 0.6) is 0 Å². The fourth-order valence-electron chi connectivity index (χ4n) is 3.67. The van der Waals surface area contributed by atoms with Crippen molar-refractivity contribution in [3.63, 3.8) is 0 Å². The van der Waals surface area contributed by atoms with Crippen molar-refractivity contribution < 1.29 is 18.8 Å². The van der Waals surface area contributed by atoms with E-state index in [4.69, 9.17) is 14.1 Å². The molecule has 2 atom stereocenters. The molecule has 3 rings (SSSR count). The highest BCUT2D eigenvalue weighted by Gasteiger charge is 2.40. The van der Waals surface area contributed by atoms with Gasteiger partial charge in [-0.25, -0.2) is 4.79 Å². The van der Waals surface area contributed by atoms with Crippen LogP contribution in [0.4, 0.5) is 10.5 Å². The zero-order valence-corrected chi connectivity index (χ0v) is 20.1. The van der Waals surface area contributed by atoms with Crippen LogP contribution in [0.15, 0.2) is 12.3 Å². The number of fused-ring (bicyclic) bond motifs is 1. The van der Waals surface area contributed by atoms with E-state index in [-0.39, 0.29) is 23.2 Å². The summed E-state index contributed by atoms with van der Waals surface area (Å²) in [5, 5.41) is 2.85.